The molecule has 0 aliphatic rings. The van der Waals surface area contributed by atoms with Gasteiger partial charge in [0, 0.05) is 13.2 Å². The highest BCUT2D eigenvalue weighted by atomic mass is 16.2. The second kappa shape index (κ2) is 5.47. The van der Waals surface area contributed by atoms with Crippen LogP contribution in [-0.2, 0) is 7.05 Å². The highest BCUT2D eigenvalue weighted by Crippen LogP contribution is 2.15. The zero-order valence-electron chi connectivity index (χ0n) is 10.8. The zero-order chi connectivity index (χ0) is 13.8. The first-order valence-corrected chi connectivity index (χ1v) is 5.95. The van der Waals surface area contributed by atoms with Crippen LogP contribution in [0.4, 0.5) is 0 Å². The molecule has 0 aliphatic carbocycles. The molecule has 0 saturated heterocycles. The number of carbonyl (C=O) groups is 1. The Kier molecular flexibility index (Phi) is 3.74. The van der Waals surface area contributed by atoms with E-state index in [0.717, 1.165) is 18.3 Å². The summed E-state index contributed by atoms with van der Waals surface area (Å²) in [6, 6.07) is 1.68. The summed E-state index contributed by atoms with van der Waals surface area (Å²) in [6.07, 6.45) is 4.84. The molecule has 0 radical (unpaired) electrons. The molecule has 0 unspecified atom stereocenters. The predicted molar refractivity (Wildman–Crippen MR) is 68.6 cm³/mol. The molecular formula is C12H15N5O2. The van der Waals surface area contributed by atoms with Crippen molar-refractivity contribution in [3.8, 4) is 0 Å². The maximum Gasteiger partial charge on any atom is 0.269 e. The lowest BCUT2D eigenvalue weighted by Crippen LogP contribution is -2.31. The molecule has 19 heavy (non-hydrogen) atoms. The van der Waals surface area contributed by atoms with Gasteiger partial charge in [-0.3, -0.25) is 19.3 Å². The second-order valence-corrected chi connectivity index (χ2v) is 4.12. The minimum Gasteiger partial charge on any atom is -0.342 e. The molecule has 0 saturated carbocycles. The van der Waals surface area contributed by atoms with Gasteiger partial charge in [0.05, 0.1) is 24.1 Å². The summed E-state index contributed by atoms with van der Waals surface area (Å²) in [5, 5.41) is 6.92. The smallest absolute Gasteiger partial charge is 0.269 e. The van der Waals surface area contributed by atoms with Gasteiger partial charge >= 0.3 is 0 Å². The van der Waals surface area contributed by atoms with E-state index in [0.29, 0.717) is 0 Å². The van der Waals surface area contributed by atoms with Crippen LogP contribution in [0.2, 0.25) is 0 Å². The number of rotatable bonds is 4. The van der Waals surface area contributed by atoms with E-state index in [9.17, 15) is 9.59 Å². The molecule has 0 aliphatic heterocycles. The fourth-order valence-corrected chi connectivity index (χ4v) is 1.84. The molecule has 7 heteroatoms. The van der Waals surface area contributed by atoms with E-state index in [4.69, 9.17) is 0 Å². The normalized spacial score (nSPS) is 12.1. The Balaban J connectivity index is 2.17. The average molecular weight is 261 g/mol. The van der Waals surface area contributed by atoms with Crippen molar-refractivity contribution < 1.29 is 4.79 Å². The number of carbonyl (C=O) groups excluding carboxylic acids is 1. The quantitative estimate of drug-likeness (QED) is 0.832. The number of hydrogen-bond donors (Lipinski definition) is 2. The number of nitrogens with one attached hydrogen (secondary N) is 2. The van der Waals surface area contributed by atoms with E-state index in [-0.39, 0.29) is 17.6 Å². The number of nitrogens with zero attached hydrogens (tertiary/aromatic N) is 3. The molecule has 2 heterocycles. The average Bonchev–Trinajstić information content (AvgIpc) is 2.82. The second-order valence-electron chi connectivity index (χ2n) is 4.12. The van der Waals surface area contributed by atoms with Crippen molar-refractivity contribution in [3.63, 3.8) is 0 Å². The lowest BCUT2D eigenvalue weighted by Gasteiger charge is -2.17. The molecule has 7 nitrogen and oxygen atoms in total. The molecule has 100 valence electrons. The molecular weight excluding hydrogens is 246 g/mol. The Morgan fingerprint density at radius 2 is 2.32 bits per heavy atom. The van der Waals surface area contributed by atoms with Crippen molar-refractivity contribution in [1.82, 2.24) is 25.1 Å². The summed E-state index contributed by atoms with van der Waals surface area (Å²) in [6.45, 7) is 1.96. The van der Waals surface area contributed by atoms with Crippen LogP contribution in [0.15, 0.2) is 29.5 Å². The number of hydrogen-bond acceptors (Lipinski definition) is 4. The maximum atomic E-state index is 12.0. The molecule has 2 rings (SSSR count). The summed E-state index contributed by atoms with van der Waals surface area (Å²) in [5.74, 6) is -0.363. The predicted octanol–water partition coefficient (Wildman–Crippen LogP) is 0.384. The maximum absolute atomic E-state index is 12.0. The molecule has 0 bridgehead atoms. The van der Waals surface area contributed by atoms with Crippen LogP contribution in [0, 0.1) is 0 Å². The van der Waals surface area contributed by atoms with Crippen molar-refractivity contribution in [2.45, 2.75) is 19.4 Å². The fourth-order valence-electron chi connectivity index (χ4n) is 1.84. The highest BCUT2D eigenvalue weighted by molar-refractivity contribution is 5.92. The van der Waals surface area contributed by atoms with Gasteiger partial charge in [0.1, 0.15) is 5.69 Å². The minimum absolute atomic E-state index is 0.146. The highest BCUT2D eigenvalue weighted by Gasteiger charge is 2.17. The lowest BCUT2D eigenvalue weighted by molar-refractivity contribution is 0.0928. The Labute approximate surface area is 109 Å². The van der Waals surface area contributed by atoms with Gasteiger partial charge in [0.15, 0.2) is 0 Å². The van der Waals surface area contributed by atoms with Crippen molar-refractivity contribution in [2.24, 2.45) is 7.05 Å². The molecule has 0 aromatic carbocycles. The van der Waals surface area contributed by atoms with Crippen LogP contribution in [-0.4, -0.2) is 25.7 Å². The first-order chi connectivity index (χ1) is 9.11. The number of H-pyrrole nitrogens is 1. The van der Waals surface area contributed by atoms with Crippen LogP contribution in [0.1, 0.15) is 35.6 Å². The summed E-state index contributed by atoms with van der Waals surface area (Å²) >= 11 is 0. The van der Waals surface area contributed by atoms with E-state index >= 15 is 0 Å². The van der Waals surface area contributed by atoms with Crippen LogP contribution in [0.3, 0.4) is 0 Å². The van der Waals surface area contributed by atoms with E-state index in [1.165, 1.54) is 6.20 Å². The third-order valence-electron chi connectivity index (χ3n) is 2.83. The molecule has 2 aromatic heterocycles. The summed E-state index contributed by atoms with van der Waals surface area (Å²) in [5.41, 5.74) is 0.649. The molecule has 2 N–H and O–H groups in total. The van der Waals surface area contributed by atoms with Crippen molar-refractivity contribution in [1.29, 1.82) is 0 Å². The summed E-state index contributed by atoms with van der Waals surface area (Å²) in [4.78, 5) is 29.3. The Morgan fingerprint density at radius 1 is 1.53 bits per heavy atom. The number of amides is 1. The van der Waals surface area contributed by atoms with Gasteiger partial charge in [0.25, 0.3) is 11.5 Å². The Hall–Kier alpha value is -2.44. The third kappa shape index (κ3) is 2.87. The SMILES string of the molecule is CC[C@@H](NC(=O)c1cncc(=O)[nH]1)c1ccnn1C. The third-order valence-corrected chi connectivity index (χ3v) is 2.83. The van der Waals surface area contributed by atoms with Gasteiger partial charge in [-0.05, 0) is 12.5 Å². The van der Waals surface area contributed by atoms with Crippen molar-refractivity contribution in [3.05, 3.63) is 46.4 Å². The van der Waals surface area contributed by atoms with Crippen LogP contribution >= 0.6 is 0 Å². The van der Waals surface area contributed by atoms with Gasteiger partial charge in [-0.25, -0.2) is 0 Å². The van der Waals surface area contributed by atoms with Crippen LogP contribution < -0.4 is 10.9 Å². The van der Waals surface area contributed by atoms with Gasteiger partial charge in [-0.15, -0.1) is 0 Å². The fraction of sp³-hybridized carbons (Fsp3) is 0.333. The Bertz CT molecular complexity index is 631. The number of aromatic amines is 1. The zero-order valence-corrected chi connectivity index (χ0v) is 10.8. The molecule has 0 spiro atoms. The standard InChI is InChI=1S/C12H15N5O2/c1-3-8(10-4-5-14-17(10)2)16-12(19)9-6-13-7-11(18)15-9/h4-8H,3H2,1-2H3,(H,15,18)(H,16,19)/t8-/m1/s1. The Morgan fingerprint density at radius 3 is 2.89 bits per heavy atom. The van der Waals surface area contributed by atoms with Crippen LogP contribution in [0.25, 0.3) is 0 Å². The van der Waals surface area contributed by atoms with E-state index in [2.05, 4.69) is 20.4 Å². The molecule has 1 atom stereocenters. The monoisotopic (exact) mass is 261 g/mol. The van der Waals surface area contributed by atoms with E-state index < -0.39 is 5.56 Å². The van der Waals surface area contributed by atoms with Crippen LogP contribution in [0.5, 0.6) is 0 Å². The number of aromatic nitrogens is 4. The molecule has 1 amide bonds. The van der Waals surface area contributed by atoms with Gasteiger partial charge < -0.3 is 10.3 Å². The minimum atomic E-state index is -0.402. The first kappa shape index (κ1) is 13.0. The van der Waals surface area contributed by atoms with Crippen molar-refractivity contribution >= 4 is 5.91 Å². The molecule has 0 fully saturated rings. The largest absolute Gasteiger partial charge is 0.342 e. The topological polar surface area (TPSA) is 92.7 Å². The molecule has 2 aromatic rings. The summed E-state index contributed by atoms with van der Waals surface area (Å²) < 4.78 is 1.71. The summed E-state index contributed by atoms with van der Waals surface area (Å²) in [7, 11) is 1.82. The van der Waals surface area contributed by atoms with Crippen molar-refractivity contribution in [2.75, 3.05) is 0 Å². The lowest BCUT2D eigenvalue weighted by atomic mass is 10.1. The van der Waals surface area contributed by atoms with Gasteiger partial charge in [-0.1, -0.05) is 6.92 Å². The first-order valence-electron chi connectivity index (χ1n) is 5.95. The van der Waals surface area contributed by atoms with E-state index in [1.54, 1.807) is 10.9 Å². The van der Waals surface area contributed by atoms with Gasteiger partial charge in [0.2, 0.25) is 0 Å². The number of aryl methyl sites for hydroxylation is 1. The van der Waals surface area contributed by atoms with E-state index in [1.807, 2.05) is 20.0 Å². The van der Waals surface area contributed by atoms with Gasteiger partial charge in [-0.2, -0.15) is 5.10 Å².